The summed E-state index contributed by atoms with van der Waals surface area (Å²) in [5.41, 5.74) is 1.68. The van der Waals surface area contributed by atoms with Gasteiger partial charge in [0.15, 0.2) is 0 Å². The van der Waals surface area contributed by atoms with Crippen LogP contribution < -0.4 is 9.86 Å². The van der Waals surface area contributed by atoms with Crippen molar-refractivity contribution in [1.82, 2.24) is 9.88 Å². The third kappa shape index (κ3) is 4.47. The second-order valence-electron chi connectivity index (χ2n) is 6.54. The van der Waals surface area contributed by atoms with Crippen molar-refractivity contribution in [2.75, 3.05) is 18.8 Å². The van der Waals surface area contributed by atoms with E-state index in [0.717, 1.165) is 23.2 Å². The Bertz CT molecular complexity index is 1220. The molecule has 3 rings (SSSR count). The summed E-state index contributed by atoms with van der Waals surface area (Å²) in [7, 11) is -3.99. The van der Waals surface area contributed by atoms with Crippen molar-refractivity contribution in [2.24, 2.45) is 5.14 Å². The van der Waals surface area contributed by atoms with E-state index in [2.05, 4.69) is 9.71 Å². The molecule has 0 bridgehead atoms. The monoisotopic (exact) mass is 420 g/mol. The molecule has 3 aromatic rings. The van der Waals surface area contributed by atoms with Crippen LogP contribution in [0, 0.1) is 0 Å². The molecule has 0 atom stereocenters. The minimum absolute atomic E-state index is 0.0821. The van der Waals surface area contributed by atoms with E-state index >= 15 is 0 Å². The lowest BCUT2D eigenvalue weighted by molar-refractivity contribution is 0.397. The minimum Gasteiger partial charge on any atom is -0.304 e. The quantitative estimate of drug-likeness (QED) is 0.626. The molecule has 1 heterocycles. The Hall–Kier alpha value is -2.53. The van der Waals surface area contributed by atoms with Crippen LogP contribution in [0.5, 0.6) is 0 Å². The molecular formula is C18H20N4O4S2. The fourth-order valence-corrected chi connectivity index (χ4v) is 4.28. The highest BCUT2D eigenvalue weighted by Gasteiger charge is 2.18. The molecule has 0 aliphatic carbocycles. The van der Waals surface area contributed by atoms with Gasteiger partial charge in [-0.1, -0.05) is 18.2 Å². The van der Waals surface area contributed by atoms with Crippen molar-refractivity contribution in [3.8, 4) is 0 Å². The number of fused-ring (bicyclic) bond motifs is 1. The van der Waals surface area contributed by atoms with E-state index in [9.17, 15) is 16.8 Å². The van der Waals surface area contributed by atoms with E-state index in [4.69, 9.17) is 5.14 Å². The van der Waals surface area contributed by atoms with Crippen LogP contribution in [0.1, 0.15) is 5.69 Å². The van der Waals surface area contributed by atoms with Gasteiger partial charge >= 0.3 is 0 Å². The van der Waals surface area contributed by atoms with Gasteiger partial charge in [-0.05, 0) is 50.5 Å². The van der Waals surface area contributed by atoms with Crippen molar-refractivity contribution >= 4 is 36.6 Å². The van der Waals surface area contributed by atoms with E-state index in [1.807, 2.05) is 37.2 Å². The minimum atomic E-state index is -3.94. The second-order valence-corrected chi connectivity index (χ2v) is 9.78. The number of anilines is 1. The van der Waals surface area contributed by atoms with Crippen LogP contribution >= 0.6 is 0 Å². The van der Waals surface area contributed by atoms with Crippen LogP contribution in [0.15, 0.2) is 64.4 Å². The first-order chi connectivity index (χ1) is 13.1. The molecule has 148 valence electrons. The molecule has 0 unspecified atom stereocenters. The van der Waals surface area contributed by atoms with Gasteiger partial charge in [-0.2, -0.15) is 0 Å². The normalized spacial score (nSPS) is 12.4. The van der Waals surface area contributed by atoms with Gasteiger partial charge in [0.2, 0.25) is 10.0 Å². The van der Waals surface area contributed by atoms with Crippen LogP contribution in [0.25, 0.3) is 10.9 Å². The molecule has 0 saturated carbocycles. The molecular weight excluding hydrogens is 400 g/mol. The number of benzene rings is 2. The molecule has 3 N–H and O–H groups in total. The van der Waals surface area contributed by atoms with Crippen LogP contribution in [0.3, 0.4) is 0 Å². The third-order valence-corrected chi connectivity index (χ3v) is 6.27. The lowest BCUT2D eigenvalue weighted by Crippen LogP contribution is -2.15. The summed E-state index contributed by atoms with van der Waals surface area (Å²) in [5.74, 6) is 0. The summed E-state index contributed by atoms with van der Waals surface area (Å²) in [6.45, 7) is 0.617. The number of sulfonamides is 2. The molecule has 2 aromatic carbocycles. The lowest BCUT2D eigenvalue weighted by Gasteiger charge is -2.13. The molecule has 0 aliphatic heterocycles. The molecule has 10 heteroatoms. The number of pyridine rings is 1. The van der Waals surface area contributed by atoms with E-state index in [-0.39, 0.29) is 9.79 Å². The zero-order valence-corrected chi connectivity index (χ0v) is 17.0. The smallest absolute Gasteiger partial charge is 0.261 e. The van der Waals surface area contributed by atoms with Crippen molar-refractivity contribution in [1.29, 1.82) is 0 Å². The first-order valence-corrected chi connectivity index (χ1v) is 11.3. The van der Waals surface area contributed by atoms with Crippen LogP contribution in [0.2, 0.25) is 0 Å². The average molecular weight is 421 g/mol. The highest BCUT2D eigenvalue weighted by Crippen LogP contribution is 2.25. The van der Waals surface area contributed by atoms with Gasteiger partial charge in [0.1, 0.15) is 0 Å². The highest BCUT2D eigenvalue weighted by molar-refractivity contribution is 7.92. The Kier molecular flexibility index (Phi) is 5.39. The van der Waals surface area contributed by atoms with Gasteiger partial charge in [-0.15, -0.1) is 0 Å². The topological polar surface area (TPSA) is 122 Å². The number of hydrogen-bond acceptors (Lipinski definition) is 6. The summed E-state index contributed by atoms with van der Waals surface area (Å²) in [6.07, 6.45) is 0. The predicted molar refractivity (Wildman–Crippen MR) is 108 cm³/mol. The van der Waals surface area contributed by atoms with Crippen molar-refractivity contribution in [3.05, 3.63) is 60.3 Å². The van der Waals surface area contributed by atoms with E-state index in [1.165, 1.54) is 12.1 Å². The molecule has 0 fully saturated rings. The van der Waals surface area contributed by atoms with Gasteiger partial charge in [0.05, 0.1) is 26.7 Å². The maximum Gasteiger partial charge on any atom is 0.261 e. The van der Waals surface area contributed by atoms with Gasteiger partial charge in [0, 0.05) is 11.9 Å². The Morgan fingerprint density at radius 2 is 1.57 bits per heavy atom. The third-order valence-electron chi connectivity index (χ3n) is 3.96. The predicted octanol–water partition coefficient (Wildman–Crippen LogP) is 1.74. The maximum absolute atomic E-state index is 12.7. The zero-order valence-electron chi connectivity index (χ0n) is 15.3. The van der Waals surface area contributed by atoms with Crippen LogP contribution in [-0.4, -0.2) is 40.8 Å². The highest BCUT2D eigenvalue weighted by atomic mass is 32.2. The van der Waals surface area contributed by atoms with Crippen LogP contribution in [0.4, 0.5) is 5.69 Å². The number of nitrogens with zero attached hydrogens (tertiary/aromatic N) is 2. The SMILES string of the molecule is CN(C)Cc1ccc2cccc(NS(=O)(=O)c3ccc(S(N)(=O)=O)cc3)c2n1. The van der Waals surface area contributed by atoms with Crippen LogP contribution in [-0.2, 0) is 26.6 Å². The van der Waals surface area contributed by atoms with Gasteiger partial charge in [0.25, 0.3) is 10.0 Å². The Balaban J connectivity index is 1.98. The maximum atomic E-state index is 12.7. The van der Waals surface area contributed by atoms with Gasteiger partial charge in [-0.25, -0.2) is 27.0 Å². The second kappa shape index (κ2) is 7.47. The first kappa shape index (κ1) is 20.2. The van der Waals surface area contributed by atoms with Crippen molar-refractivity contribution in [2.45, 2.75) is 16.3 Å². The average Bonchev–Trinajstić information content (AvgIpc) is 2.61. The first-order valence-electron chi connectivity index (χ1n) is 8.25. The van der Waals surface area contributed by atoms with E-state index < -0.39 is 20.0 Å². The lowest BCUT2D eigenvalue weighted by atomic mass is 10.2. The fraction of sp³-hybridized carbons (Fsp3) is 0.167. The number of aromatic nitrogens is 1. The summed E-state index contributed by atoms with van der Waals surface area (Å²) in [5, 5.41) is 5.84. The number of nitrogens with one attached hydrogen (secondary N) is 1. The number of nitrogens with two attached hydrogens (primary N) is 1. The summed E-state index contributed by atoms with van der Waals surface area (Å²) < 4.78 is 50.7. The van der Waals surface area contributed by atoms with Crippen molar-refractivity contribution in [3.63, 3.8) is 0 Å². The largest absolute Gasteiger partial charge is 0.304 e. The van der Waals surface area contributed by atoms with Gasteiger partial charge < -0.3 is 4.90 Å². The standard InChI is InChI=1S/C18H20N4O4S2/c1-22(2)12-14-7-6-13-4-3-5-17(18(13)20-14)21-28(25,26)16-10-8-15(9-11-16)27(19,23)24/h3-11,21H,12H2,1-2H3,(H2,19,23,24). The summed E-state index contributed by atoms with van der Waals surface area (Å²) >= 11 is 0. The zero-order chi connectivity index (χ0) is 20.5. The van der Waals surface area contributed by atoms with E-state index in [0.29, 0.717) is 17.7 Å². The Labute approximate surface area is 164 Å². The molecule has 0 aliphatic rings. The van der Waals surface area contributed by atoms with E-state index in [1.54, 1.807) is 12.1 Å². The summed E-state index contributed by atoms with van der Waals surface area (Å²) in [4.78, 5) is 6.30. The number of hydrogen-bond donors (Lipinski definition) is 2. The van der Waals surface area contributed by atoms with Crippen molar-refractivity contribution < 1.29 is 16.8 Å². The van der Waals surface area contributed by atoms with Gasteiger partial charge in [-0.3, -0.25) is 4.72 Å². The molecule has 0 spiro atoms. The molecule has 0 amide bonds. The molecule has 28 heavy (non-hydrogen) atoms. The number of rotatable bonds is 6. The molecule has 0 saturated heterocycles. The molecule has 8 nitrogen and oxygen atoms in total. The number of para-hydroxylation sites is 1. The summed E-state index contributed by atoms with van der Waals surface area (Å²) in [6, 6.07) is 13.7. The number of primary sulfonamides is 1. The Morgan fingerprint density at radius 1 is 0.929 bits per heavy atom. The Morgan fingerprint density at radius 3 is 2.18 bits per heavy atom. The fourth-order valence-electron chi connectivity index (χ4n) is 2.69. The molecule has 1 aromatic heterocycles. The molecule has 0 radical (unpaired) electrons.